The minimum atomic E-state index is 0. The fourth-order valence-corrected chi connectivity index (χ4v) is 0.684. The van der Waals surface area contributed by atoms with Gasteiger partial charge >= 0.3 is 0 Å². The number of rotatable bonds is 0. The average Bonchev–Trinajstić information content (AvgIpc) is 2.24. The van der Waals surface area contributed by atoms with E-state index in [0.29, 0.717) is 0 Å². The minimum Gasteiger partial charge on any atom is -1.00 e. The molecule has 0 unspecified atom stereocenters. The van der Waals surface area contributed by atoms with E-state index in [1.165, 1.54) is 0 Å². The van der Waals surface area contributed by atoms with Crippen LogP contribution in [-0.4, -0.2) is 0 Å². The summed E-state index contributed by atoms with van der Waals surface area (Å²) in [5.41, 5.74) is 0. The van der Waals surface area contributed by atoms with Crippen molar-refractivity contribution in [2.24, 2.45) is 0 Å². The first kappa shape index (κ1) is 16.1. The van der Waals surface area contributed by atoms with Crippen LogP contribution in [0.1, 0.15) is 0 Å². The molecular formula is C12H10CrI-. The standard InChI is InChI=1S/2C6H5.Cr.HI/c2*1-2-4-6-5-3-1;;/h2*1-5H;;1H/p-1. The van der Waals surface area contributed by atoms with Crippen molar-refractivity contribution in [3.8, 4) is 0 Å². The molecule has 0 atom stereocenters. The maximum absolute atomic E-state index is 2.89. The van der Waals surface area contributed by atoms with Crippen molar-refractivity contribution in [1.29, 1.82) is 0 Å². The molecular weight excluding hydrogens is 323 g/mol. The van der Waals surface area contributed by atoms with E-state index in [4.69, 9.17) is 0 Å². The zero-order valence-corrected chi connectivity index (χ0v) is 11.0. The summed E-state index contributed by atoms with van der Waals surface area (Å²) in [7, 11) is 0. The van der Waals surface area contributed by atoms with Crippen LogP contribution >= 0.6 is 0 Å². The molecule has 72 valence electrons. The Balaban J connectivity index is 0. The van der Waals surface area contributed by atoms with Crippen LogP contribution in [-0.2, 0) is 17.4 Å². The van der Waals surface area contributed by atoms with E-state index in [1.807, 2.05) is 60.7 Å². The summed E-state index contributed by atoms with van der Waals surface area (Å²) < 4.78 is 0. The van der Waals surface area contributed by atoms with Gasteiger partial charge < -0.3 is 24.0 Å². The maximum atomic E-state index is 2.89. The molecule has 0 nitrogen and oxygen atoms in total. The molecule has 2 aromatic rings. The third-order valence-electron chi connectivity index (χ3n) is 1.21. The average molecular weight is 333 g/mol. The van der Waals surface area contributed by atoms with Crippen LogP contribution in [0.15, 0.2) is 60.7 Å². The van der Waals surface area contributed by atoms with Crippen LogP contribution in [0.25, 0.3) is 0 Å². The van der Waals surface area contributed by atoms with Gasteiger partial charge in [0.15, 0.2) is 0 Å². The summed E-state index contributed by atoms with van der Waals surface area (Å²) >= 11 is 0. The second kappa shape index (κ2) is 12.7. The van der Waals surface area contributed by atoms with Gasteiger partial charge in [0.05, 0.1) is 0 Å². The molecule has 0 saturated carbocycles. The van der Waals surface area contributed by atoms with Gasteiger partial charge in [-0.3, -0.25) is 0 Å². The molecule has 2 radical (unpaired) electrons. The van der Waals surface area contributed by atoms with Gasteiger partial charge in [0.2, 0.25) is 0 Å². The van der Waals surface area contributed by atoms with Gasteiger partial charge in [-0.25, -0.2) is 0 Å². The maximum Gasteiger partial charge on any atom is 0 e. The Hall–Kier alpha value is -0.298. The van der Waals surface area contributed by atoms with Gasteiger partial charge in [0.25, 0.3) is 0 Å². The zero-order chi connectivity index (χ0) is 8.49. The second-order valence-electron chi connectivity index (χ2n) is 2.15. The van der Waals surface area contributed by atoms with Gasteiger partial charge in [0.1, 0.15) is 0 Å². The Morgan fingerprint density at radius 1 is 0.500 bits per heavy atom. The number of hydrogen-bond donors (Lipinski definition) is 0. The fraction of sp³-hybridized carbons (Fsp3) is 0. The fourth-order valence-electron chi connectivity index (χ4n) is 0.684. The smallest absolute Gasteiger partial charge is 0 e. The summed E-state index contributed by atoms with van der Waals surface area (Å²) in [6, 6.07) is 25.0. The predicted molar refractivity (Wildman–Crippen MR) is 50.6 cm³/mol. The van der Waals surface area contributed by atoms with Crippen molar-refractivity contribution in [3.63, 3.8) is 0 Å². The van der Waals surface area contributed by atoms with Crippen LogP contribution in [0, 0.1) is 12.1 Å². The molecule has 0 aliphatic rings. The normalized spacial score (nSPS) is 6.86. The van der Waals surface area contributed by atoms with Crippen molar-refractivity contribution in [2.75, 3.05) is 0 Å². The molecule has 0 aromatic heterocycles. The summed E-state index contributed by atoms with van der Waals surface area (Å²) in [6.07, 6.45) is 0. The van der Waals surface area contributed by atoms with E-state index in [2.05, 4.69) is 12.1 Å². The number of benzene rings is 2. The van der Waals surface area contributed by atoms with E-state index in [9.17, 15) is 0 Å². The first-order chi connectivity index (χ1) is 6.00. The van der Waals surface area contributed by atoms with Crippen LogP contribution in [0.2, 0.25) is 0 Å². The molecule has 0 fully saturated rings. The molecule has 0 amide bonds. The summed E-state index contributed by atoms with van der Waals surface area (Å²) in [5.74, 6) is 0. The van der Waals surface area contributed by atoms with Crippen LogP contribution in [0.5, 0.6) is 0 Å². The van der Waals surface area contributed by atoms with Gasteiger partial charge in [-0.2, -0.15) is 0 Å². The third-order valence-corrected chi connectivity index (χ3v) is 1.21. The minimum absolute atomic E-state index is 0. The molecule has 2 rings (SSSR count). The molecule has 0 saturated heterocycles. The number of halogens is 1. The van der Waals surface area contributed by atoms with Crippen molar-refractivity contribution in [1.82, 2.24) is 0 Å². The Morgan fingerprint density at radius 2 is 0.786 bits per heavy atom. The monoisotopic (exact) mass is 333 g/mol. The Labute approximate surface area is 114 Å². The molecule has 2 heteroatoms. The molecule has 0 aliphatic carbocycles. The molecule has 0 spiro atoms. The van der Waals surface area contributed by atoms with E-state index >= 15 is 0 Å². The topological polar surface area (TPSA) is 0 Å². The molecule has 0 bridgehead atoms. The van der Waals surface area contributed by atoms with E-state index < -0.39 is 0 Å². The Morgan fingerprint density at radius 3 is 0.857 bits per heavy atom. The van der Waals surface area contributed by atoms with Gasteiger partial charge in [-0.15, -0.1) is 0 Å². The Kier molecular flexibility index (Phi) is 14.6. The quantitative estimate of drug-likeness (QED) is 0.595. The summed E-state index contributed by atoms with van der Waals surface area (Å²) in [6.45, 7) is 0. The molecule has 14 heavy (non-hydrogen) atoms. The van der Waals surface area contributed by atoms with E-state index in [1.54, 1.807) is 0 Å². The van der Waals surface area contributed by atoms with E-state index in [-0.39, 0.29) is 41.3 Å². The van der Waals surface area contributed by atoms with Crippen LogP contribution < -0.4 is 24.0 Å². The Bertz CT molecular complexity index is 186. The van der Waals surface area contributed by atoms with Crippen molar-refractivity contribution in [2.45, 2.75) is 0 Å². The van der Waals surface area contributed by atoms with E-state index in [0.717, 1.165) is 0 Å². The van der Waals surface area contributed by atoms with Gasteiger partial charge in [-0.1, -0.05) is 60.7 Å². The van der Waals surface area contributed by atoms with Gasteiger partial charge in [0, 0.05) is 17.4 Å². The second-order valence-corrected chi connectivity index (χ2v) is 2.15. The van der Waals surface area contributed by atoms with Gasteiger partial charge in [-0.05, 0) is 12.1 Å². The SMILES string of the molecule is [Cr].[I-].[c]1ccccc1.[c]1ccccc1. The number of hydrogen-bond acceptors (Lipinski definition) is 0. The van der Waals surface area contributed by atoms with Crippen molar-refractivity contribution >= 4 is 0 Å². The van der Waals surface area contributed by atoms with Crippen LogP contribution in [0.3, 0.4) is 0 Å². The molecule has 2 aromatic carbocycles. The van der Waals surface area contributed by atoms with Crippen molar-refractivity contribution < 1.29 is 41.3 Å². The molecule has 0 aliphatic heterocycles. The van der Waals surface area contributed by atoms with Crippen LogP contribution in [0.4, 0.5) is 0 Å². The summed E-state index contributed by atoms with van der Waals surface area (Å²) in [5, 5.41) is 0. The molecule has 0 heterocycles. The summed E-state index contributed by atoms with van der Waals surface area (Å²) in [4.78, 5) is 0. The predicted octanol–water partition coefficient (Wildman–Crippen LogP) is -0.0249. The zero-order valence-electron chi connectivity index (χ0n) is 7.56. The first-order valence-corrected chi connectivity index (χ1v) is 3.82. The largest absolute Gasteiger partial charge is 1.00 e. The molecule has 0 N–H and O–H groups in total. The third kappa shape index (κ3) is 9.79. The first-order valence-electron chi connectivity index (χ1n) is 3.82. The van der Waals surface area contributed by atoms with Crippen molar-refractivity contribution in [3.05, 3.63) is 72.8 Å².